The summed E-state index contributed by atoms with van der Waals surface area (Å²) in [6.07, 6.45) is 1.57. The molecular formula is C26H24ClN5O3. The standard InChI is InChI=1S/C26H24ClN5O3/c1-17-24(25(30-35-17)20-5-3-4-6-21(20)27)26(33)32-13-11-31(12-14-32)23-15-22(28-16-29-23)18-7-9-19(34-2)10-8-18/h3-10,15-16H,11-14H2,1-2H3. The molecular weight excluding hydrogens is 466 g/mol. The normalized spacial score (nSPS) is 13.7. The van der Waals surface area contributed by atoms with Crippen LogP contribution >= 0.6 is 11.6 Å². The number of amides is 1. The molecule has 0 bridgehead atoms. The van der Waals surface area contributed by atoms with Crippen LogP contribution in [0.15, 0.2) is 65.4 Å². The number of nitrogens with zero attached hydrogens (tertiary/aromatic N) is 5. The first-order valence-electron chi connectivity index (χ1n) is 11.3. The molecule has 2 aromatic carbocycles. The minimum atomic E-state index is -0.111. The quantitative estimate of drug-likeness (QED) is 0.400. The molecule has 9 heteroatoms. The fourth-order valence-corrected chi connectivity index (χ4v) is 4.42. The lowest BCUT2D eigenvalue weighted by molar-refractivity contribution is 0.0745. The van der Waals surface area contributed by atoms with Gasteiger partial charge in [0.05, 0.1) is 17.8 Å². The van der Waals surface area contributed by atoms with Crippen LogP contribution in [-0.4, -0.2) is 59.2 Å². The molecule has 0 atom stereocenters. The van der Waals surface area contributed by atoms with Crippen LogP contribution in [0.25, 0.3) is 22.5 Å². The van der Waals surface area contributed by atoms with Gasteiger partial charge in [0.2, 0.25) is 0 Å². The highest BCUT2D eigenvalue weighted by molar-refractivity contribution is 6.33. The molecule has 5 rings (SSSR count). The number of piperazine rings is 1. The summed E-state index contributed by atoms with van der Waals surface area (Å²) in [4.78, 5) is 26.3. The predicted octanol–water partition coefficient (Wildman–Crippen LogP) is 4.73. The Morgan fingerprint density at radius 1 is 1.03 bits per heavy atom. The number of benzene rings is 2. The summed E-state index contributed by atoms with van der Waals surface area (Å²) in [6.45, 7) is 4.14. The lowest BCUT2D eigenvalue weighted by Crippen LogP contribution is -2.49. The highest BCUT2D eigenvalue weighted by Gasteiger charge is 2.29. The number of ether oxygens (including phenoxy) is 1. The fraction of sp³-hybridized carbons (Fsp3) is 0.231. The molecule has 1 amide bonds. The Morgan fingerprint density at radius 2 is 1.77 bits per heavy atom. The molecule has 0 unspecified atom stereocenters. The molecule has 35 heavy (non-hydrogen) atoms. The van der Waals surface area contributed by atoms with Crippen LogP contribution in [0.3, 0.4) is 0 Å². The van der Waals surface area contributed by atoms with Gasteiger partial charge in [0, 0.05) is 43.4 Å². The second-order valence-corrected chi connectivity index (χ2v) is 8.62. The van der Waals surface area contributed by atoms with Crippen molar-refractivity contribution in [2.45, 2.75) is 6.92 Å². The van der Waals surface area contributed by atoms with Gasteiger partial charge >= 0.3 is 0 Å². The molecule has 0 saturated carbocycles. The molecule has 4 aromatic rings. The molecule has 0 N–H and O–H groups in total. The second kappa shape index (κ2) is 9.76. The molecule has 0 aliphatic carbocycles. The topological polar surface area (TPSA) is 84.6 Å². The molecule has 8 nitrogen and oxygen atoms in total. The first kappa shape index (κ1) is 22.9. The zero-order valence-corrected chi connectivity index (χ0v) is 20.2. The minimum absolute atomic E-state index is 0.111. The van der Waals surface area contributed by atoms with Crippen LogP contribution in [0.5, 0.6) is 5.75 Å². The molecule has 1 aliphatic heterocycles. The average molecular weight is 490 g/mol. The third-order valence-corrected chi connectivity index (χ3v) is 6.46. The van der Waals surface area contributed by atoms with Crippen molar-refractivity contribution in [2.75, 3.05) is 38.2 Å². The van der Waals surface area contributed by atoms with Gasteiger partial charge in [-0.1, -0.05) is 35.0 Å². The molecule has 2 aromatic heterocycles. The van der Waals surface area contributed by atoms with Gasteiger partial charge in [0.15, 0.2) is 0 Å². The largest absolute Gasteiger partial charge is 0.497 e. The zero-order chi connectivity index (χ0) is 24.4. The maximum Gasteiger partial charge on any atom is 0.259 e. The lowest BCUT2D eigenvalue weighted by Gasteiger charge is -2.35. The van der Waals surface area contributed by atoms with Crippen LogP contribution in [0.2, 0.25) is 5.02 Å². The maximum atomic E-state index is 13.5. The van der Waals surface area contributed by atoms with E-state index in [9.17, 15) is 4.79 Å². The van der Waals surface area contributed by atoms with E-state index in [-0.39, 0.29) is 5.91 Å². The van der Waals surface area contributed by atoms with E-state index in [1.54, 1.807) is 26.4 Å². The van der Waals surface area contributed by atoms with E-state index in [0.29, 0.717) is 53.8 Å². The van der Waals surface area contributed by atoms with Crippen molar-refractivity contribution in [1.82, 2.24) is 20.0 Å². The van der Waals surface area contributed by atoms with Crippen molar-refractivity contribution < 1.29 is 14.1 Å². The van der Waals surface area contributed by atoms with Crippen molar-refractivity contribution >= 4 is 23.3 Å². The summed E-state index contributed by atoms with van der Waals surface area (Å²) < 4.78 is 10.6. The second-order valence-electron chi connectivity index (χ2n) is 8.21. The van der Waals surface area contributed by atoms with Gasteiger partial charge in [-0.25, -0.2) is 9.97 Å². The summed E-state index contributed by atoms with van der Waals surface area (Å²) in [7, 11) is 1.64. The molecule has 178 valence electrons. The highest BCUT2D eigenvalue weighted by Crippen LogP contribution is 2.32. The SMILES string of the molecule is COc1ccc(-c2cc(N3CCN(C(=O)c4c(-c5ccccc5Cl)noc4C)CC3)ncn2)cc1. The van der Waals surface area contributed by atoms with Gasteiger partial charge in [-0.15, -0.1) is 0 Å². The van der Waals surface area contributed by atoms with Crippen molar-refractivity contribution in [2.24, 2.45) is 0 Å². The average Bonchev–Trinajstić information content (AvgIpc) is 3.29. The third-order valence-electron chi connectivity index (χ3n) is 6.13. The van der Waals surface area contributed by atoms with Crippen molar-refractivity contribution in [3.8, 4) is 28.3 Å². The first-order valence-corrected chi connectivity index (χ1v) is 11.6. The molecule has 3 heterocycles. The number of carbonyl (C=O) groups is 1. The number of hydrogen-bond acceptors (Lipinski definition) is 7. The van der Waals surface area contributed by atoms with E-state index in [2.05, 4.69) is 20.0 Å². The number of halogens is 1. The summed E-state index contributed by atoms with van der Waals surface area (Å²) >= 11 is 6.36. The fourth-order valence-electron chi connectivity index (χ4n) is 4.20. The Balaban J connectivity index is 1.31. The first-order chi connectivity index (χ1) is 17.0. The Morgan fingerprint density at radius 3 is 2.49 bits per heavy atom. The van der Waals surface area contributed by atoms with E-state index < -0.39 is 0 Å². The number of aromatic nitrogens is 3. The minimum Gasteiger partial charge on any atom is -0.497 e. The van der Waals surface area contributed by atoms with Gasteiger partial charge in [-0.3, -0.25) is 4.79 Å². The number of rotatable bonds is 5. The molecule has 1 fully saturated rings. The number of methoxy groups -OCH3 is 1. The Labute approximate surface area is 208 Å². The van der Waals surface area contributed by atoms with Gasteiger partial charge in [0.1, 0.15) is 34.9 Å². The summed E-state index contributed by atoms with van der Waals surface area (Å²) in [5, 5.41) is 4.66. The maximum absolute atomic E-state index is 13.5. The number of carbonyl (C=O) groups excluding carboxylic acids is 1. The predicted molar refractivity (Wildman–Crippen MR) is 134 cm³/mol. The van der Waals surface area contributed by atoms with Gasteiger partial charge in [-0.2, -0.15) is 0 Å². The van der Waals surface area contributed by atoms with Crippen molar-refractivity contribution in [1.29, 1.82) is 0 Å². The molecule has 0 spiro atoms. The Bertz CT molecular complexity index is 1350. The molecule has 1 saturated heterocycles. The van der Waals surface area contributed by atoms with E-state index in [0.717, 1.165) is 22.8 Å². The monoisotopic (exact) mass is 489 g/mol. The van der Waals surface area contributed by atoms with Crippen LogP contribution in [0.1, 0.15) is 16.1 Å². The van der Waals surface area contributed by atoms with Crippen LogP contribution in [-0.2, 0) is 0 Å². The summed E-state index contributed by atoms with van der Waals surface area (Å²) in [5.74, 6) is 1.99. The van der Waals surface area contributed by atoms with Crippen LogP contribution in [0.4, 0.5) is 5.82 Å². The highest BCUT2D eigenvalue weighted by atomic mass is 35.5. The smallest absolute Gasteiger partial charge is 0.259 e. The van der Waals surface area contributed by atoms with E-state index in [4.69, 9.17) is 20.9 Å². The van der Waals surface area contributed by atoms with Gasteiger partial charge in [-0.05, 0) is 37.3 Å². The van der Waals surface area contributed by atoms with Gasteiger partial charge < -0.3 is 19.1 Å². The number of anilines is 1. The lowest BCUT2D eigenvalue weighted by atomic mass is 10.0. The zero-order valence-electron chi connectivity index (χ0n) is 19.4. The van der Waals surface area contributed by atoms with Crippen LogP contribution < -0.4 is 9.64 Å². The molecule has 1 aliphatic rings. The van der Waals surface area contributed by atoms with E-state index in [1.165, 1.54) is 0 Å². The summed E-state index contributed by atoms with van der Waals surface area (Å²) in [5.41, 5.74) is 3.43. The van der Waals surface area contributed by atoms with Crippen molar-refractivity contribution in [3.63, 3.8) is 0 Å². The Kier molecular flexibility index (Phi) is 6.37. The Hall–Kier alpha value is -3.91. The third kappa shape index (κ3) is 4.57. The van der Waals surface area contributed by atoms with Crippen LogP contribution in [0, 0.1) is 6.92 Å². The molecule has 0 radical (unpaired) electrons. The van der Waals surface area contributed by atoms with E-state index in [1.807, 2.05) is 53.4 Å². The van der Waals surface area contributed by atoms with Gasteiger partial charge in [0.25, 0.3) is 5.91 Å². The van der Waals surface area contributed by atoms with E-state index >= 15 is 0 Å². The van der Waals surface area contributed by atoms with Crippen molar-refractivity contribution in [3.05, 3.63) is 77.3 Å². The summed E-state index contributed by atoms with van der Waals surface area (Å²) in [6, 6.07) is 17.0. The number of hydrogen-bond donors (Lipinski definition) is 0. The number of aryl methyl sites for hydroxylation is 1.